The normalized spacial score (nSPS) is 29.8. The Balaban J connectivity index is 2.67. The smallest absolute Gasteiger partial charge is 0.0888 e. The van der Waals surface area contributed by atoms with Crippen molar-refractivity contribution in [3.63, 3.8) is 0 Å². The molecule has 0 bridgehead atoms. The van der Waals surface area contributed by atoms with Gasteiger partial charge in [0.05, 0.1) is 5.76 Å². The van der Waals surface area contributed by atoms with Gasteiger partial charge in [0, 0.05) is 5.92 Å². The van der Waals surface area contributed by atoms with Crippen LogP contribution in [0.4, 0.5) is 0 Å². The van der Waals surface area contributed by atoms with E-state index in [0.29, 0.717) is 11.7 Å². The monoisotopic (exact) mass is 184 g/mol. The average molecular weight is 184 g/mol. The minimum atomic E-state index is 0.198. The first-order chi connectivity index (χ1) is 5.63. The Labute approximate surface area is 79.6 Å². The Kier molecular flexibility index (Phi) is 3.27. The largest absolute Gasteiger partial charge is 0.513 e. The van der Waals surface area contributed by atoms with Crippen LogP contribution in [0.3, 0.4) is 0 Å². The molecule has 0 aromatic carbocycles. The Morgan fingerprint density at radius 3 is 2.00 bits per heavy atom. The highest BCUT2D eigenvalue weighted by atomic mass is 32.1. The molecular formula is C10H16OS. The second-order valence-electron chi connectivity index (χ2n) is 3.48. The van der Waals surface area contributed by atoms with Crippen LogP contribution in [0.5, 0.6) is 0 Å². The second kappa shape index (κ2) is 4.04. The minimum Gasteiger partial charge on any atom is -0.513 e. The Morgan fingerprint density at radius 2 is 1.67 bits per heavy atom. The molecule has 2 unspecified atom stereocenters. The molecule has 1 aliphatic rings. The van der Waals surface area contributed by atoms with Gasteiger partial charge in [0.25, 0.3) is 0 Å². The van der Waals surface area contributed by atoms with E-state index in [4.69, 9.17) is 0 Å². The van der Waals surface area contributed by atoms with E-state index in [2.05, 4.69) is 25.8 Å². The lowest BCUT2D eigenvalue weighted by molar-refractivity contribution is 0.232. The van der Waals surface area contributed by atoms with Crippen molar-refractivity contribution in [2.24, 2.45) is 11.8 Å². The van der Waals surface area contributed by atoms with Crippen molar-refractivity contribution in [3.05, 3.63) is 23.8 Å². The molecule has 0 saturated heterocycles. The van der Waals surface area contributed by atoms with Crippen LogP contribution in [0.15, 0.2) is 23.8 Å². The van der Waals surface area contributed by atoms with Gasteiger partial charge in [0.15, 0.2) is 0 Å². The molecule has 1 N–H and O–H groups in total. The zero-order valence-electron chi connectivity index (χ0n) is 7.29. The van der Waals surface area contributed by atoms with Crippen molar-refractivity contribution in [1.29, 1.82) is 0 Å². The Hall–Kier alpha value is -0.370. The van der Waals surface area contributed by atoms with Gasteiger partial charge < -0.3 is 5.11 Å². The van der Waals surface area contributed by atoms with Crippen LogP contribution in [0.2, 0.25) is 0 Å². The fourth-order valence-corrected chi connectivity index (χ4v) is 2.24. The van der Waals surface area contributed by atoms with Gasteiger partial charge >= 0.3 is 0 Å². The maximum Gasteiger partial charge on any atom is 0.0888 e. The molecule has 2 heteroatoms. The van der Waals surface area contributed by atoms with E-state index in [1.807, 2.05) is 0 Å². The van der Waals surface area contributed by atoms with Crippen molar-refractivity contribution in [1.82, 2.24) is 0 Å². The SMILES string of the molecule is C=C(O)C1CCCCC1C(=C)S. The van der Waals surface area contributed by atoms with Gasteiger partial charge in [0.1, 0.15) is 0 Å². The number of rotatable bonds is 2. The van der Waals surface area contributed by atoms with Crippen molar-refractivity contribution in [2.75, 3.05) is 0 Å². The van der Waals surface area contributed by atoms with E-state index < -0.39 is 0 Å². The van der Waals surface area contributed by atoms with Crippen LogP contribution >= 0.6 is 12.6 Å². The van der Waals surface area contributed by atoms with Gasteiger partial charge in [-0.05, 0) is 23.7 Å². The summed E-state index contributed by atoms with van der Waals surface area (Å²) in [4.78, 5) is 0.884. The lowest BCUT2D eigenvalue weighted by Gasteiger charge is -2.30. The molecule has 0 aliphatic heterocycles. The van der Waals surface area contributed by atoms with Crippen LogP contribution < -0.4 is 0 Å². The van der Waals surface area contributed by atoms with Crippen molar-refractivity contribution in [2.45, 2.75) is 25.7 Å². The summed E-state index contributed by atoms with van der Waals surface area (Å²) >= 11 is 4.25. The standard InChI is InChI=1S/C10H16OS/c1-7(11)9-5-3-4-6-10(9)8(2)12/h9-12H,1-6H2. The highest BCUT2D eigenvalue weighted by molar-refractivity contribution is 7.84. The molecular weight excluding hydrogens is 168 g/mol. The van der Waals surface area contributed by atoms with E-state index in [-0.39, 0.29) is 5.92 Å². The van der Waals surface area contributed by atoms with E-state index in [1.165, 1.54) is 12.8 Å². The molecule has 0 amide bonds. The number of hydrogen-bond donors (Lipinski definition) is 2. The first kappa shape index (κ1) is 9.72. The summed E-state index contributed by atoms with van der Waals surface area (Å²) in [5, 5.41) is 9.33. The molecule has 2 atom stereocenters. The molecule has 1 rings (SSSR count). The van der Waals surface area contributed by atoms with E-state index in [1.54, 1.807) is 0 Å². The number of hydrogen-bond acceptors (Lipinski definition) is 2. The fourth-order valence-electron chi connectivity index (χ4n) is 1.93. The molecule has 0 heterocycles. The van der Waals surface area contributed by atoms with E-state index in [0.717, 1.165) is 17.7 Å². The third-order valence-electron chi connectivity index (χ3n) is 2.62. The lowest BCUT2D eigenvalue weighted by atomic mass is 9.78. The van der Waals surface area contributed by atoms with Crippen LogP contribution in [0.25, 0.3) is 0 Å². The zero-order valence-corrected chi connectivity index (χ0v) is 8.19. The zero-order chi connectivity index (χ0) is 9.14. The summed E-state index contributed by atoms with van der Waals surface area (Å²) in [5.41, 5.74) is 0. The van der Waals surface area contributed by atoms with Crippen molar-refractivity contribution >= 4 is 12.6 Å². The first-order valence-electron chi connectivity index (χ1n) is 4.38. The van der Waals surface area contributed by atoms with Gasteiger partial charge in [-0.3, -0.25) is 0 Å². The number of allylic oxidation sites excluding steroid dienone is 2. The van der Waals surface area contributed by atoms with Gasteiger partial charge in [-0.1, -0.05) is 26.0 Å². The maximum absolute atomic E-state index is 9.33. The highest BCUT2D eigenvalue weighted by Crippen LogP contribution is 2.38. The van der Waals surface area contributed by atoms with Gasteiger partial charge in [-0.25, -0.2) is 0 Å². The molecule has 0 aromatic rings. The quantitative estimate of drug-likeness (QED) is 0.498. The first-order valence-corrected chi connectivity index (χ1v) is 4.83. The topological polar surface area (TPSA) is 20.2 Å². The van der Waals surface area contributed by atoms with Gasteiger partial charge in [-0.2, -0.15) is 0 Å². The Bertz CT molecular complexity index is 176. The molecule has 1 fully saturated rings. The molecule has 1 saturated carbocycles. The molecule has 1 aliphatic carbocycles. The molecule has 0 spiro atoms. The maximum atomic E-state index is 9.33. The van der Waals surface area contributed by atoms with E-state index in [9.17, 15) is 5.11 Å². The summed E-state index contributed by atoms with van der Waals surface area (Å²) in [6, 6.07) is 0. The van der Waals surface area contributed by atoms with Crippen molar-refractivity contribution in [3.8, 4) is 0 Å². The van der Waals surface area contributed by atoms with Crippen molar-refractivity contribution < 1.29 is 5.11 Å². The van der Waals surface area contributed by atoms with E-state index >= 15 is 0 Å². The number of aliphatic hydroxyl groups excluding tert-OH is 1. The number of thiol groups is 1. The van der Waals surface area contributed by atoms with Crippen LogP contribution in [0, 0.1) is 11.8 Å². The molecule has 0 radical (unpaired) electrons. The molecule has 1 nitrogen and oxygen atoms in total. The highest BCUT2D eigenvalue weighted by Gasteiger charge is 2.27. The predicted molar refractivity (Wildman–Crippen MR) is 55.3 cm³/mol. The van der Waals surface area contributed by atoms with Gasteiger partial charge in [0.2, 0.25) is 0 Å². The summed E-state index contributed by atoms with van der Waals surface area (Å²) in [5.74, 6) is 0.832. The average Bonchev–Trinajstić information content (AvgIpc) is 2.04. The molecule has 68 valence electrons. The predicted octanol–water partition coefficient (Wildman–Crippen LogP) is 3.31. The molecule has 12 heavy (non-hydrogen) atoms. The second-order valence-corrected chi connectivity index (χ2v) is 4.05. The summed E-state index contributed by atoms with van der Waals surface area (Å²) < 4.78 is 0. The lowest BCUT2D eigenvalue weighted by Crippen LogP contribution is -2.21. The third-order valence-corrected chi connectivity index (χ3v) is 2.95. The minimum absolute atomic E-state index is 0.198. The van der Waals surface area contributed by atoms with Crippen LogP contribution in [-0.4, -0.2) is 5.11 Å². The third kappa shape index (κ3) is 2.07. The summed E-state index contributed by atoms with van der Waals surface area (Å²) in [6.45, 7) is 7.42. The summed E-state index contributed by atoms with van der Waals surface area (Å²) in [7, 11) is 0. The molecule has 0 aromatic heterocycles. The Morgan fingerprint density at radius 1 is 1.17 bits per heavy atom. The van der Waals surface area contributed by atoms with Gasteiger partial charge in [-0.15, -0.1) is 12.6 Å². The summed E-state index contributed by atoms with van der Waals surface area (Å²) in [6.07, 6.45) is 4.52. The fraction of sp³-hybridized carbons (Fsp3) is 0.600. The number of aliphatic hydroxyl groups is 1. The van der Waals surface area contributed by atoms with Crippen LogP contribution in [-0.2, 0) is 0 Å². The van der Waals surface area contributed by atoms with Crippen LogP contribution in [0.1, 0.15) is 25.7 Å².